The molecule has 0 aliphatic carbocycles. The molecule has 10 N–H and O–H groups in total. The average molecular weight is 953 g/mol. The molecule has 0 aromatic carbocycles. The van der Waals surface area contributed by atoms with Gasteiger partial charge in [-0.15, -0.1) is 0 Å². The Morgan fingerprint density at radius 1 is 0.529 bits per heavy atom. The van der Waals surface area contributed by atoms with Crippen LogP contribution in [0.3, 0.4) is 0 Å². The van der Waals surface area contributed by atoms with Crippen LogP contribution in [0.1, 0.15) is 151 Å². The Balaban J connectivity index is -0.00000101. The third-order valence-electron chi connectivity index (χ3n) is 11.5. The molecule has 2 fully saturated rings. The molecule has 0 aromatic rings. The minimum atomic E-state index is -0.657. The van der Waals surface area contributed by atoms with Crippen LogP contribution in [0.15, 0.2) is 36.5 Å². The van der Waals surface area contributed by atoms with E-state index < -0.39 is 11.8 Å². The molecular weight excluding hydrogens is 857 g/mol. The molecule has 5 atom stereocenters. The van der Waals surface area contributed by atoms with E-state index in [1.807, 2.05) is 37.3 Å². The molecule has 0 aromatic heterocycles. The molecule has 0 spiro atoms. The number of hydrogen-bond acceptors (Lipinski definition) is 12. The van der Waals surface area contributed by atoms with Crippen molar-refractivity contribution < 1.29 is 19.2 Å². The van der Waals surface area contributed by atoms with Gasteiger partial charge in [0.25, 0.3) is 0 Å². The van der Waals surface area contributed by atoms with Crippen LogP contribution in [0, 0.1) is 63.6 Å². The normalized spacial score (nSPS) is 16.0. The fourth-order valence-electron chi connectivity index (χ4n) is 6.87. The van der Waals surface area contributed by atoms with Gasteiger partial charge in [0.1, 0.15) is 11.8 Å². The maximum absolute atomic E-state index is 12.2. The quantitative estimate of drug-likeness (QED) is 0.0300. The van der Waals surface area contributed by atoms with Crippen LogP contribution in [0.4, 0.5) is 0 Å². The predicted molar refractivity (Wildman–Crippen MR) is 278 cm³/mol. The predicted octanol–water partition coefficient (Wildman–Crippen LogP) is 6.52. The summed E-state index contributed by atoms with van der Waals surface area (Å²) in [6, 6.07) is 6.33. The number of likely N-dealkylation sites (tertiary alicyclic amines) is 2. The fraction of sp³-hybridized carbons (Fsp3) is 0.750. The van der Waals surface area contributed by atoms with Crippen molar-refractivity contribution in [1.29, 1.82) is 15.8 Å². The highest BCUT2D eigenvalue weighted by atomic mass is 16.2. The maximum Gasteiger partial charge on any atom is 0.238 e. The lowest BCUT2D eigenvalue weighted by atomic mass is 10.0. The van der Waals surface area contributed by atoms with Gasteiger partial charge < -0.3 is 38.5 Å². The van der Waals surface area contributed by atoms with Crippen LogP contribution < -0.4 is 38.5 Å². The first-order chi connectivity index (χ1) is 31.9. The van der Waals surface area contributed by atoms with E-state index in [1.54, 1.807) is 6.08 Å². The monoisotopic (exact) mass is 953 g/mol. The molecule has 0 bridgehead atoms. The average Bonchev–Trinajstić information content (AvgIpc) is 3.34. The smallest absolute Gasteiger partial charge is 0.238 e. The Morgan fingerprint density at radius 2 is 0.941 bits per heavy atom. The Bertz CT molecular complexity index is 1510. The molecule has 388 valence electrons. The summed E-state index contributed by atoms with van der Waals surface area (Å²) in [6.07, 6.45) is 27.1. The van der Waals surface area contributed by atoms with Crippen LogP contribution in [-0.4, -0.2) is 106 Å². The van der Waals surface area contributed by atoms with Gasteiger partial charge in [-0.25, -0.2) is 0 Å². The number of nitrogens with one attached hydrogen (secondary N) is 4. The summed E-state index contributed by atoms with van der Waals surface area (Å²) in [4.78, 5) is 52.3. The van der Waals surface area contributed by atoms with E-state index in [4.69, 9.17) is 22.5 Å². The molecule has 2 rings (SSSR count). The highest BCUT2D eigenvalue weighted by Gasteiger charge is 2.19. The van der Waals surface area contributed by atoms with Crippen molar-refractivity contribution in [1.82, 2.24) is 31.1 Å². The maximum atomic E-state index is 12.2. The van der Waals surface area contributed by atoms with Gasteiger partial charge in [0.05, 0.1) is 31.5 Å². The zero-order valence-corrected chi connectivity index (χ0v) is 41.0. The molecule has 2 aliphatic rings. The molecule has 5 unspecified atom stereocenters. The lowest BCUT2D eigenvalue weighted by Gasteiger charge is -2.26. The van der Waals surface area contributed by atoms with Crippen LogP contribution in [-0.2, 0) is 19.2 Å². The Hall–Kier alpha value is -4.63. The minimum Gasteiger partial charge on any atom is -0.356 e. The molecule has 0 radical (unpaired) electrons. The van der Waals surface area contributed by atoms with Gasteiger partial charge in [-0.2, -0.15) is 15.8 Å². The lowest BCUT2D eigenvalue weighted by molar-refractivity contribution is -0.124. The molecule has 4 amide bonds. The summed E-state index contributed by atoms with van der Waals surface area (Å²) in [5, 5.41) is 38.3. The van der Waals surface area contributed by atoms with Crippen LogP contribution in [0.5, 0.6) is 0 Å². The molecule has 16 heteroatoms. The third kappa shape index (κ3) is 39.4. The topological polar surface area (TPSA) is 272 Å². The van der Waals surface area contributed by atoms with Gasteiger partial charge in [0.2, 0.25) is 23.6 Å². The van der Waals surface area contributed by atoms with Crippen molar-refractivity contribution in [3.05, 3.63) is 36.5 Å². The fourth-order valence-corrected chi connectivity index (χ4v) is 6.87. The summed E-state index contributed by atoms with van der Waals surface area (Å²) >= 11 is 0. The van der Waals surface area contributed by atoms with Crippen molar-refractivity contribution in [2.45, 2.75) is 151 Å². The highest BCUT2D eigenvalue weighted by molar-refractivity contribution is 5.81. The highest BCUT2D eigenvalue weighted by Crippen LogP contribution is 2.11. The standard InChI is InChI=1S/C21H35N5O2.C21H39N5O2.C8H14N2.2CH4/c22-16-19(21(28)24-18-26-14-8-3-9-15-26)10-4-1-5-11-20(27)23-17-25-12-6-2-7-13-25;1-17(14-22)8-6-12-25-20(27)11-5-3-4-10-19(16-24)21(28)26-13-7-9-18(2)15-23;1-8(7-10)5-3-2-4-6-9;;/h1,5,19H,2-4,6-15,17-18H2,(H,23,27)(H,24,28);3,5,17-19H,4,6-15,22-23H2,1-2H3,(H,25,27)(H,26,28);2,4,8H,3,5-6,9H2,1H3;2*1H4. The first kappa shape index (κ1) is 67.6. The van der Waals surface area contributed by atoms with Gasteiger partial charge in [-0.1, -0.05) is 78.0 Å². The molecule has 68 heavy (non-hydrogen) atoms. The summed E-state index contributed by atoms with van der Waals surface area (Å²) in [5.41, 5.74) is 16.3. The number of piperidine rings is 2. The number of amides is 4. The van der Waals surface area contributed by atoms with Crippen molar-refractivity contribution >= 4 is 23.6 Å². The second-order valence-electron chi connectivity index (χ2n) is 17.6. The Kier molecular flexibility index (Phi) is 47.2. The minimum absolute atomic E-state index is 0. The van der Waals surface area contributed by atoms with Gasteiger partial charge >= 0.3 is 0 Å². The van der Waals surface area contributed by atoms with E-state index in [-0.39, 0.29) is 44.4 Å². The molecule has 2 aliphatic heterocycles. The number of nitrogens with two attached hydrogens (primary N) is 3. The number of nitriles is 3. The van der Waals surface area contributed by atoms with Crippen LogP contribution in [0.25, 0.3) is 0 Å². The summed E-state index contributed by atoms with van der Waals surface area (Å²) in [5.74, 6) is -0.616. The summed E-state index contributed by atoms with van der Waals surface area (Å²) in [6.45, 7) is 14.6. The molecule has 2 saturated heterocycles. The zero-order valence-electron chi connectivity index (χ0n) is 41.0. The number of hydrogen-bond donors (Lipinski definition) is 7. The third-order valence-corrected chi connectivity index (χ3v) is 11.5. The van der Waals surface area contributed by atoms with Crippen molar-refractivity contribution in [3.8, 4) is 18.2 Å². The first-order valence-electron chi connectivity index (χ1n) is 24.7. The molecule has 2 heterocycles. The summed E-state index contributed by atoms with van der Waals surface area (Å²) < 4.78 is 0. The molecular formula is C52H96N12O4. The first-order valence-corrected chi connectivity index (χ1v) is 24.7. The zero-order chi connectivity index (χ0) is 49.0. The van der Waals surface area contributed by atoms with Crippen molar-refractivity contribution in [2.24, 2.45) is 46.8 Å². The van der Waals surface area contributed by atoms with Crippen LogP contribution >= 0.6 is 0 Å². The number of allylic oxidation sites excluding steroid dienone is 3. The second kappa shape index (κ2) is 47.4. The SMILES string of the molecule is C.C.CC(C#N)CCC=CCN.CC(CN)CCCNC(=O)CC=CCCC(C#N)C(=O)NCCCC(C)CN.N#CC(CCC=CCC(=O)NCN1CCCCC1)C(=O)NCN1CCCCC1. The number of carbonyl (C=O) groups excluding carboxylic acids is 4. The van der Waals surface area contributed by atoms with Crippen LogP contribution in [0.2, 0.25) is 0 Å². The second-order valence-corrected chi connectivity index (χ2v) is 17.6. The largest absolute Gasteiger partial charge is 0.356 e. The van der Waals surface area contributed by atoms with E-state index in [2.05, 4.69) is 63.1 Å². The van der Waals surface area contributed by atoms with Crippen molar-refractivity contribution in [3.63, 3.8) is 0 Å². The van der Waals surface area contributed by atoms with Gasteiger partial charge in [0.15, 0.2) is 0 Å². The number of nitrogens with zero attached hydrogens (tertiary/aromatic N) is 5. The molecule has 16 nitrogen and oxygen atoms in total. The number of carbonyl (C=O) groups is 4. The van der Waals surface area contributed by atoms with E-state index >= 15 is 0 Å². The Labute approximate surface area is 413 Å². The molecule has 0 saturated carbocycles. The lowest BCUT2D eigenvalue weighted by Crippen LogP contribution is -2.42. The van der Waals surface area contributed by atoms with E-state index in [0.29, 0.717) is 96.4 Å². The van der Waals surface area contributed by atoms with Gasteiger partial charge in [-0.05, 0) is 148 Å². The van der Waals surface area contributed by atoms with E-state index in [1.165, 1.54) is 38.5 Å². The number of rotatable bonds is 30. The van der Waals surface area contributed by atoms with Crippen molar-refractivity contribution in [2.75, 3.05) is 72.2 Å². The van der Waals surface area contributed by atoms with E-state index in [9.17, 15) is 29.7 Å². The van der Waals surface area contributed by atoms with Gasteiger partial charge in [-0.3, -0.25) is 29.0 Å². The van der Waals surface area contributed by atoms with E-state index in [0.717, 1.165) is 64.7 Å². The van der Waals surface area contributed by atoms with Gasteiger partial charge in [0, 0.05) is 38.4 Å². The Morgan fingerprint density at radius 3 is 1.38 bits per heavy atom. The summed E-state index contributed by atoms with van der Waals surface area (Å²) in [7, 11) is 0.